The quantitative estimate of drug-likeness (QED) is 0.875. The molecule has 0 aliphatic carbocycles. The first-order valence-electron chi connectivity index (χ1n) is 6.76. The normalized spacial score (nSPS) is 11.0. The average molecular weight is 285 g/mol. The van der Waals surface area contributed by atoms with E-state index in [0.29, 0.717) is 12.1 Å². The second kappa shape index (κ2) is 6.35. The maximum atomic E-state index is 12.0. The minimum absolute atomic E-state index is 0.314. The summed E-state index contributed by atoms with van der Waals surface area (Å²) in [5.41, 5.74) is 1.04. The fraction of sp³-hybridized carbons (Fsp3) is 0.312. The molecule has 5 heteroatoms. The van der Waals surface area contributed by atoms with Crippen LogP contribution in [0, 0.1) is 0 Å². The van der Waals surface area contributed by atoms with Crippen molar-refractivity contribution >= 4 is 11.8 Å². The molecule has 0 atom stereocenters. The molecular formula is C16H19N3O2. The number of rotatable bonds is 4. The Hall–Kier alpha value is -2.43. The van der Waals surface area contributed by atoms with Crippen molar-refractivity contribution in [3.8, 4) is 0 Å². The fourth-order valence-electron chi connectivity index (χ4n) is 1.73. The van der Waals surface area contributed by atoms with Gasteiger partial charge >= 0.3 is 5.97 Å². The Morgan fingerprint density at radius 2 is 2.10 bits per heavy atom. The highest BCUT2D eigenvalue weighted by Crippen LogP contribution is 2.14. The van der Waals surface area contributed by atoms with Crippen LogP contribution >= 0.6 is 0 Å². The van der Waals surface area contributed by atoms with Gasteiger partial charge in [-0.05, 0) is 44.5 Å². The molecule has 0 saturated carbocycles. The number of hydrogen-bond acceptors (Lipinski definition) is 5. The van der Waals surface area contributed by atoms with Gasteiger partial charge in [0.2, 0.25) is 0 Å². The number of aromatic nitrogens is 2. The monoisotopic (exact) mass is 285 g/mol. The Kier molecular flexibility index (Phi) is 4.52. The van der Waals surface area contributed by atoms with Gasteiger partial charge in [0.1, 0.15) is 17.7 Å². The lowest BCUT2D eigenvalue weighted by molar-refractivity contribution is 0.00694. The molecule has 21 heavy (non-hydrogen) atoms. The van der Waals surface area contributed by atoms with Crippen molar-refractivity contribution in [3.05, 3.63) is 54.0 Å². The first kappa shape index (κ1) is 15.0. The SMILES string of the molecule is CC(C)(C)OC(=O)c1cccc(CNc2ccncn2)c1. The van der Waals surface area contributed by atoms with Gasteiger partial charge in [0, 0.05) is 12.7 Å². The summed E-state index contributed by atoms with van der Waals surface area (Å²) in [6.45, 7) is 6.13. The average Bonchev–Trinajstić information content (AvgIpc) is 2.45. The van der Waals surface area contributed by atoms with Crippen LogP contribution in [0.4, 0.5) is 5.82 Å². The van der Waals surface area contributed by atoms with E-state index in [2.05, 4.69) is 15.3 Å². The molecule has 0 fully saturated rings. The van der Waals surface area contributed by atoms with E-state index in [0.717, 1.165) is 11.4 Å². The molecule has 0 radical (unpaired) electrons. The highest BCUT2D eigenvalue weighted by Gasteiger charge is 2.17. The van der Waals surface area contributed by atoms with Crippen LogP contribution < -0.4 is 5.32 Å². The number of esters is 1. The van der Waals surface area contributed by atoms with Crippen molar-refractivity contribution in [2.75, 3.05) is 5.32 Å². The molecule has 1 aromatic heterocycles. The second-order valence-corrected chi connectivity index (χ2v) is 5.65. The van der Waals surface area contributed by atoms with E-state index in [1.165, 1.54) is 6.33 Å². The topological polar surface area (TPSA) is 64.1 Å². The first-order chi connectivity index (χ1) is 9.94. The smallest absolute Gasteiger partial charge is 0.338 e. The molecule has 1 aromatic carbocycles. The summed E-state index contributed by atoms with van der Waals surface area (Å²) in [6.07, 6.45) is 3.16. The number of carbonyl (C=O) groups is 1. The molecular weight excluding hydrogens is 266 g/mol. The number of nitrogens with zero attached hydrogens (tertiary/aromatic N) is 2. The van der Waals surface area contributed by atoms with Gasteiger partial charge in [-0.2, -0.15) is 0 Å². The largest absolute Gasteiger partial charge is 0.456 e. The molecule has 0 bridgehead atoms. The minimum Gasteiger partial charge on any atom is -0.456 e. The van der Waals surface area contributed by atoms with E-state index in [4.69, 9.17) is 4.74 Å². The molecule has 0 unspecified atom stereocenters. The van der Waals surface area contributed by atoms with Gasteiger partial charge in [0.05, 0.1) is 5.56 Å². The van der Waals surface area contributed by atoms with Crippen molar-refractivity contribution in [2.24, 2.45) is 0 Å². The van der Waals surface area contributed by atoms with Crippen molar-refractivity contribution < 1.29 is 9.53 Å². The van der Waals surface area contributed by atoms with Gasteiger partial charge in [-0.3, -0.25) is 0 Å². The maximum Gasteiger partial charge on any atom is 0.338 e. The molecule has 2 rings (SSSR count). The van der Waals surface area contributed by atoms with E-state index in [-0.39, 0.29) is 5.97 Å². The third-order valence-corrected chi connectivity index (χ3v) is 2.62. The summed E-state index contributed by atoms with van der Waals surface area (Å²) in [5.74, 6) is 0.430. The van der Waals surface area contributed by atoms with E-state index in [9.17, 15) is 4.79 Å². The van der Waals surface area contributed by atoms with Crippen LogP contribution in [0.2, 0.25) is 0 Å². The summed E-state index contributed by atoms with van der Waals surface area (Å²) in [5, 5.41) is 3.17. The molecule has 1 N–H and O–H groups in total. The lowest BCUT2D eigenvalue weighted by Crippen LogP contribution is -2.24. The zero-order valence-electron chi connectivity index (χ0n) is 12.5. The van der Waals surface area contributed by atoms with Crippen LogP contribution in [-0.2, 0) is 11.3 Å². The Labute approximate surface area is 124 Å². The van der Waals surface area contributed by atoms with Crippen LogP contribution in [0.1, 0.15) is 36.7 Å². The highest BCUT2D eigenvalue weighted by molar-refractivity contribution is 5.89. The third kappa shape index (κ3) is 4.87. The van der Waals surface area contributed by atoms with Gasteiger partial charge in [-0.1, -0.05) is 12.1 Å². The zero-order valence-corrected chi connectivity index (χ0v) is 12.5. The predicted molar refractivity (Wildman–Crippen MR) is 81.0 cm³/mol. The van der Waals surface area contributed by atoms with E-state index in [1.807, 2.05) is 39.0 Å². The van der Waals surface area contributed by atoms with Crippen molar-refractivity contribution in [3.63, 3.8) is 0 Å². The van der Waals surface area contributed by atoms with Gasteiger partial charge in [-0.15, -0.1) is 0 Å². The number of carbonyl (C=O) groups excluding carboxylic acids is 1. The highest BCUT2D eigenvalue weighted by atomic mass is 16.6. The predicted octanol–water partition coefficient (Wildman–Crippen LogP) is 3.04. The number of hydrogen-bond donors (Lipinski definition) is 1. The van der Waals surface area contributed by atoms with Gasteiger partial charge in [-0.25, -0.2) is 14.8 Å². The van der Waals surface area contributed by atoms with Crippen molar-refractivity contribution in [2.45, 2.75) is 32.9 Å². The lowest BCUT2D eigenvalue weighted by Gasteiger charge is -2.19. The van der Waals surface area contributed by atoms with Crippen LogP contribution in [-0.4, -0.2) is 21.5 Å². The molecule has 2 aromatic rings. The van der Waals surface area contributed by atoms with Crippen molar-refractivity contribution in [1.29, 1.82) is 0 Å². The number of nitrogens with one attached hydrogen (secondary N) is 1. The number of anilines is 1. The molecule has 1 heterocycles. The summed E-state index contributed by atoms with van der Waals surface area (Å²) in [6, 6.07) is 9.15. The molecule has 5 nitrogen and oxygen atoms in total. The summed E-state index contributed by atoms with van der Waals surface area (Å²) < 4.78 is 5.36. The summed E-state index contributed by atoms with van der Waals surface area (Å²) >= 11 is 0. The summed E-state index contributed by atoms with van der Waals surface area (Å²) in [7, 11) is 0. The molecule has 0 aliphatic rings. The summed E-state index contributed by atoms with van der Waals surface area (Å²) in [4.78, 5) is 20.0. The molecule has 0 amide bonds. The van der Waals surface area contributed by atoms with Crippen LogP contribution in [0.5, 0.6) is 0 Å². The van der Waals surface area contributed by atoms with Gasteiger partial charge in [0.15, 0.2) is 0 Å². The van der Waals surface area contributed by atoms with Crippen LogP contribution in [0.25, 0.3) is 0 Å². The van der Waals surface area contributed by atoms with E-state index >= 15 is 0 Å². The van der Waals surface area contributed by atoms with Crippen LogP contribution in [0.15, 0.2) is 42.9 Å². The van der Waals surface area contributed by atoms with Crippen LogP contribution in [0.3, 0.4) is 0 Å². The molecule has 0 aliphatic heterocycles. The standard InChI is InChI=1S/C16H19N3O2/c1-16(2,3)21-15(20)13-6-4-5-12(9-13)10-18-14-7-8-17-11-19-14/h4-9,11H,10H2,1-3H3,(H,17,18,19). The van der Waals surface area contributed by atoms with E-state index < -0.39 is 5.60 Å². The maximum absolute atomic E-state index is 12.0. The molecule has 0 saturated heterocycles. The Morgan fingerprint density at radius 1 is 1.29 bits per heavy atom. The van der Waals surface area contributed by atoms with Crippen molar-refractivity contribution in [1.82, 2.24) is 9.97 Å². The Morgan fingerprint density at radius 3 is 2.76 bits per heavy atom. The Bertz CT molecular complexity index is 606. The minimum atomic E-state index is -0.494. The van der Waals surface area contributed by atoms with E-state index in [1.54, 1.807) is 18.3 Å². The molecule has 0 spiro atoms. The van der Waals surface area contributed by atoms with Gasteiger partial charge < -0.3 is 10.1 Å². The van der Waals surface area contributed by atoms with Gasteiger partial charge in [0.25, 0.3) is 0 Å². The lowest BCUT2D eigenvalue weighted by atomic mass is 10.1. The fourth-order valence-corrected chi connectivity index (χ4v) is 1.73. The number of benzene rings is 1. The molecule has 110 valence electrons. The first-order valence-corrected chi connectivity index (χ1v) is 6.76. The zero-order chi connectivity index (χ0) is 15.3. The second-order valence-electron chi connectivity index (χ2n) is 5.65. The Balaban J connectivity index is 2.02. The third-order valence-electron chi connectivity index (χ3n) is 2.62. The number of ether oxygens (including phenoxy) is 1.